The molecular weight excluding hydrogens is 322 g/mol. The minimum atomic E-state index is -3.84. The van der Waals surface area contributed by atoms with Gasteiger partial charge < -0.3 is 15.3 Å². The topological polar surface area (TPSA) is 130 Å². The van der Waals surface area contributed by atoms with E-state index < -0.39 is 21.5 Å². The van der Waals surface area contributed by atoms with Crippen molar-refractivity contribution < 1.29 is 23.1 Å². The lowest BCUT2D eigenvalue weighted by Gasteiger charge is -2.36. The number of hydrogen-bond acceptors (Lipinski definition) is 4. The van der Waals surface area contributed by atoms with Crippen LogP contribution in [-0.2, 0) is 14.8 Å². The van der Waals surface area contributed by atoms with Crippen LogP contribution in [-0.4, -0.2) is 43.5 Å². The molecule has 4 N–H and O–H groups in total. The van der Waals surface area contributed by atoms with Crippen molar-refractivity contribution in [3.8, 4) is 0 Å². The first-order valence-electron chi connectivity index (χ1n) is 7.04. The average Bonchev–Trinajstić information content (AvgIpc) is 2.47. The zero-order valence-corrected chi connectivity index (χ0v) is 13.5. The maximum atomic E-state index is 12.5. The number of carboxylic acid groups (broad SMARTS) is 1. The van der Waals surface area contributed by atoms with Crippen LogP contribution >= 0.6 is 0 Å². The summed E-state index contributed by atoms with van der Waals surface area (Å²) in [6, 6.07) is 5.70. The second kappa shape index (κ2) is 6.17. The molecule has 0 unspecified atom stereocenters. The number of rotatable bonds is 3. The van der Waals surface area contributed by atoms with Gasteiger partial charge in [0.1, 0.15) is 0 Å². The minimum Gasteiger partial charge on any atom is -0.465 e. The van der Waals surface area contributed by atoms with Gasteiger partial charge >= 0.3 is 6.09 Å². The Kier molecular flexibility index (Phi) is 4.62. The van der Waals surface area contributed by atoms with Crippen molar-refractivity contribution >= 4 is 27.7 Å². The molecule has 2 amide bonds. The van der Waals surface area contributed by atoms with Crippen molar-refractivity contribution in [2.75, 3.05) is 18.4 Å². The molecule has 1 fully saturated rings. The Morgan fingerprint density at radius 3 is 2.43 bits per heavy atom. The van der Waals surface area contributed by atoms with E-state index >= 15 is 0 Å². The highest BCUT2D eigenvalue weighted by atomic mass is 32.2. The Bertz CT molecular complexity index is 724. The highest BCUT2D eigenvalue weighted by Crippen LogP contribution is 2.32. The lowest BCUT2D eigenvalue weighted by atomic mass is 9.79. The third-order valence-electron chi connectivity index (χ3n) is 4.11. The number of carbonyl (C=O) groups is 2. The van der Waals surface area contributed by atoms with Gasteiger partial charge in [-0.1, -0.05) is 13.0 Å². The number of nitrogens with zero attached hydrogens (tertiary/aromatic N) is 1. The van der Waals surface area contributed by atoms with Gasteiger partial charge in [0.25, 0.3) is 0 Å². The van der Waals surface area contributed by atoms with Crippen LogP contribution < -0.4 is 10.5 Å². The molecule has 8 nitrogen and oxygen atoms in total. The fraction of sp³-hybridized carbons (Fsp3) is 0.429. The number of hydrogen-bond donors (Lipinski definition) is 3. The Morgan fingerprint density at radius 1 is 1.30 bits per heavy atom. The molecule has 0 aromatic heterocycles. The quantitative estimate of drug-likeness (QED) is 0.756. The molecule has 1 aromatic rings. The molecule has 0 radical (unpaired) electrons. The number of amides is 2. The zero-order chi connectivity index (χ0) is 17.3. The van der Waals surface area contributed by atoms with Crippen molar-refractivity contribution in [1.29, 1.82) is 0 Å². The van der Waals surface area contributed by atoms with Gasteiger partial charge in [-0.2, -0.15) is 0 Å². The van der Waals surface area contributed by atoms with Crippen LogP contribution in [0.15, 0.2) is 29.2 Å². The van der Waals surface area contributed by atoms with Gasteiger partial charge in [0, 0.05) is 18.8 Å². The monoisotopic (exact) mass is 341 g/mol. The average molecular weight is 341 g/mol. The molecule has 0 spiro atoms. The lowest BCUT2D eigenvalue weighted by Crippen LogP contribution is -2.46. The number of sulfonamides is 1. The number of benzene rings is 1. The van der Waals surface area contributed by atoms with E-state index in [2.05, 4.69) is 5.32 Å². The van der Waals surface area contributed by atoms with Crippen molar-refractivity contribution in [2.24, 2.45) is 10.6 Å². The summed E-state index contributed by atoms with van der Waals surface area (Å²) in [4.78, 5) is 24.6. The van der Waals surface area contributed by atoms with Crippen LogP contribution in [0, 0.1) is 5.41 Å². The molecule has 0 atom stereocenters. The summed E-state index contributed by atoms with van der Waals surface area (Å²) in [6.07, 6.45) is -0.187. The molecule has 2 rings (SSSR count). The van der Waals surface area contributed by atoms with Gasteiger partial charge in [-0.15, -0.1) is 0 Å². The smallest absolute Gasteiger partial charge is 0.407 e. The van der Waals surface area contributed by atoms with Crippen LogP contribution in [0.1, 0.15) is 19.8 Å². The molecule has 23 heavy (non-hydrogen) atoms. The summed E-state index contributed by atoms with van der Waals surface area (Å²) in [5, 5.41) is 16.7. The van der Waals surface area contributed by atoms with Crippen molar-refractivity contribution in [3.63, 3.8) is 0 Å². The van der Waals surface area contributed by atoms with Gasteiger partial charge in [-0.25, -0.2) is 18.4 Å². The van der Waals surface area contributed by atoms with Crippen molar-refractivity contribution in [3.05, 3.63) is 24.3 Å². The summed E-state index contributed by atoms with van der Waals surface area (Å²) < 4.78 is 22.7. The summed E-state index contributed by atoms with van der Waals surface area (Å²) in [7, 11) is -3.84. The molecule has 1 aliphatic rings. The number of nitrogens with one attached hydrogen (secondary N) is 1. The Morgan fingerprint density at radius 2 is 1.91 bits per heavy atom. The van der Waals surface area contributed by atoms with Gasteiger partial charge in [-0.05, 0) is 31.0 Å². The predicted octanol–water partition coefficient (Wildman–Crippen LogP) is 1.05. The Balaban J connectivity index is 2.09. The molecule has 1 heterocycles. The highest BCUT2D eigenvalue weighted by Gasteiger charge is 2.38. The van der Waals surface area contributed by atoms with E-state index in [4.69, 9.17) is 10.2 Å². The molecule has 0 saturated carbocycles. The van der Waals surface area contributed by atoms with E-state index in [-0.39, 0.29) is 23.9 Å². The molecule has 126 valence electrons. The number of likely N-dealkylation sites (tertiary alicyclic amines) is 1. The fourth-order valence-corrected chi connectivity index (χ4v) is 3.01. The van der Waals surface area contributed by atoms with E-state index in [0.717, 1.165) is 0 Å². The normalized spacial score (nSPS) is 17.6. The molecule has 0 aliphatic carbocycles. The summed E-state index contributed by atoms with van der Waals surface area (Å²) >= 11 is 0. The van der Waals surface area contributed by atoms with Crippen molar-refractivity contribution in [1.82, 2.24) is 4.90 Å². The van der Waals surface area contributed by atoms with Crippen LogP contribution in [0.3, 0.4) is 0 Å². The minimum absolute atomic E-state index is 0.0823. The largest absolute Gasteiger partial charge is 0.465 e. The molecule has 0 bridgehead atoms. The standard InChI is InChI=1S/C14H19N3O5S/c1-14(5-7-17(8-6-14)13(19)20)12(18)16-10-3-2-4-11(9-10)23(15,21)22/h2-4,9H,5-8H2,1H3,(H,16,18)(H,19,20)(H2,15,21,22). The molecule has 9 heteroatoms. The third-order valence-corrected chi connectivity index (χ3v) is 5.02. The first kappa shape index (κ1) is 17.2. The van der Waals surface area contributed by atoms with Crippen LogP contribution in [0.4, 0.5) is 10.5 Å². The van der Waals surface area contributed by atoms with E-state index in [1.165, 1.54) is 23.1 Å². The second-order valence-corrected chi connectivity index (χ2v) is 7.42. The van der Waals surface area contributed by atoms with Crippen LogP contribution in [0.25, 0.3) is 0 Å². The SMILES string of the molecule is CC1(C(=O)Nc2cccc(S(N)(=O)=O)c2)CCN(C(=O)O)CC1. The molecule has 1 aliphatic heterocycles. The first-order valence-corrected chi connectivity index (χ1v) is 8.59. The molecule has 1 saturated heterocycles. The lowest BCUT2D eigenvalue weighted by molar-refractivity contribution is -0.127. The van der Waals surface area contributed by atoms with E-state index in [9.17, 15) is 18.0 Å². The van der Waals surface area contributed by atoms with E-state index in [1.807, 2.05) is 0 Å². The number of piperidine rings is 1. The van der Waals surface area contributed by atoms with Gasteiger partial charge in [0.05, 0.1) is 10.3 Å². The van der Waals surface area contributed by atoms with Gasteiger partial charge in [-0.3, -0.25) is 4.79 Å². The third kappa shape index (κ3) is 3.99. The Hall–Kier alpha value is -2.13. The van der Waals surface area contributed by atoms with Gasteiger partial charge in [0.2, 0.25) is 15.9 Å². The van der Waals surface area contributed by atoms with E-state index in [0.29, 0.717) is 18.5 Å². The summed E-state index contributed by atoms with van der Waals surface area (Å²) in [5.74, 6) is -0.269. The first-order chi connectivity index (χ1) is 10.6. The van der Waals surface area contributed by atoms with Crippen LogP contribution in [0.2, 0.25) is 0 Å². The van der Waals surface area contributed by atoms with E-state index in [1.54, 1.807) is 13.0 Å². The maximum Gasteiger partial charge on any atom is 0.407 e. The second-order valence-electron chi connectivity index (χ2n) is 5.86. The zero-order valence-electron chi connectivity index (χ0n) is 12.7. The number of anilines is 1. The highest BCUT2D eigenvalue weighted by molar-refractivity contribution is 7.89. The summed E-state index contributed by atoms with van der Waals surface area (Å²) in [5.41, 5.74) is -0.368. The molecular formula is C14H19N3O5S. The van der Waals surface area contributed by atoms with Gasteiger partial charge in [0.15, 0.2) is 0 Å². The van der Waals surface area contributed by atoms with Crippen LogP contribution in [0.5, 0.6) is 0 Å². The summed E-state index contributed by atoms with van der Waals surface area (Å²) in [6.45, 7) is 2.35. The number of primary sulfonamides is 1. The fourth-order valence-electron chi connectivity index (χ4n) is 2.45. The maximum absolute atomic E-state index is 12.5. The number of carbonyl (C=O) groups excluding carboxylic acids is 1. The van der Waals surface area contributed by atoms with Crippen molar-refractivity contribution in [2.45, 2.75) is 24.7 Å². The predicted molar refractivity (Wildman–Crippen MR) is 83.4 cm³/mol. The number of nitrogens with two attached hydrogens (primary N) is 1. The molecule has 1 aromatic carbocycles. The Labute approximate surface area is 134 Å².